The highest BCUT2D eigenvalue weighted by atomic mass is 16.5. The van der Waals surface area contributed by atoms with Gasteiger partial charge in [0.05, 0.1) is 19.1 Å². The van der Waals surface area contributed by atoms with Crippen molar-refractivity contribution < 1.29 is 19.4 Å². The summed E-state index contributed by atoms with van der Waals surface area (Å²) in [5.74, 6) is -1.62. The van der Waals surface area contributed by atoms with E-state index in [1.54, 1.807) is 4.90 Å². The van der Waals surface area contributed by atoms with Crippen molar-refractivity contribution >= 4 is 17.6 Å². The summed E-state index contributed by atoms with van der Waals surface area (Å²) >= 11 is 0. The molecule has 0 bridgehead atoms. The van der Waals surface area contributed by atoms with Gasteiger partial charge in [0.2, 0.25) is 5.91 Å². The predicted molar refractivity (Wildman–Crippen MR) is 80.6 cm³/mol. The van der Waals surface area contributed by atoms with Crippen molar-refractivity contribution in [1.82, 2.24) is 4.90 Å². The molecule has 6 nitrogen and oxygen atoms in total. The van der Waals surface area contributed by atoms with Gasteiger partial charge in [0.25, 0.3) is 0 Å². The summed E-state index contributed by atoms with van der Waals surface area (Å²) in [7, 11) is 0. The van der Waals surface area contributed by atoms with E-state index in [9.17, 15) is 9.59 Å². The quantitative estimate of drug-likeness (QED) is 0.897. The van der Waals surface area contributed by atoms with Crippen LogP contribution in [-0.4, -0.2) is 54.7 Å². The lowest BCUT2D eigenvalue weighted by atomic mass is 10.1. The molecule has 22 heavy (non-hydrogen) atoms. The Morgan fingerprint density at radius 3 is 2.50 bits per heavy atom. The highest BCUT2D eigenvalue weighted by Crippen LogP contribution is 2.25. The van der Waals surface area contributed by atoms with Crippen LogP contribution < -0.4 is 4.90 Å². The number of amides is 1. The third-order valence-electron chi connectivity index (χ3n) is 4.23. The number of benzene rings is 1. The Labute approximate surface area is 129 Å². The molecule has 1 unspecified atom stereocenters. The summed E-state index contributed by atoms with van der Waals surface area (Å²) in [6, 6.07) is 7.81. The Hall–Kier alpha value is -1.92. The van der Waals surface area contributed by atoms with E-state index < -0.39 is 11.9 Å². The molecule has 0 saturated carbocycles. The van der Waals surface area contributed by atoms with Crippen molar-refractivity contribution in [2.45, 2.75) is 13.0 Å². The van der Waals surface area contributed by atoms with Gasteiger partial charge < -0.3 is 14.7 Å². The average molecular weight is 304 g/mol. The van der Waals surface area contributed by atoms with Gasteiger partial charge in [-0.1, -0.05) is 12.1 Å². The van der Waals surface area contributed by atoms with Gasteiger partial charge in [-0.25, -0.2) is 0 Å². The number of hydrogen-bond acceptors (Lipinski definition) is 4. The molecular weight excluding hydrogens is 284 g/mol. The zero-order chi connectivity index (χ0) is 15.5. The molecule has 2 aliphatic heterocycles. The van der Waals surface area contributed by atoms with Gasteiger partial charge in [-0.05, 0) is 17.7 Å². The van der Waals surface area contributed by atoms with Gasteiger partial charge in [-0.2, -0.15) is 0 Å². The fraction of sp³-hybridized carbons (Fsp3) is 0.500. The molecule has 1 atom stereocenters. The number of carboxylic acid groups (broad SMARTS) is 1. The minimum atomic E-state index is -0.903. The summed E-state index contributed by atoms with van der Waals surface area (Å²) in [5.41, 5.74) is 1.96. The molecule has 3 rings (SSSR count). The van der Waals surface area contributed by atoms with Crippen LogP contribution in [0.4, 0.5) is 5.69 Å². The van der Waals surface area contributed by atoms with Crippen LogP contribution in [-0.2, 0) is 20.9 Å². The molecule has 6 heteroatoms. The Morgan fingerprint density at radius 2 is 1.91 bits per heavy atom. The molecule has 0 spiro atoms. The second-order valence-electron chi connectivity index (χ2n) is 5.80. The highest BCUT2D eigenvalue weighted by Gasteiger charge is 2.34. The number of carbonyl (C=O) groups is 2. The molecule has 2 fully saturated rings. The molecule has 2 aliphatic rings. The van der Waals surface area contributed by atoms with Crippen molar-refractivity contribution in [2.75, 3.05) is 37.7 Å². The third-order valence-corrected chi connectivity index (χ3v) is 4.23. The zero-order valence-corrected chi connectivity index (χ0v) is 12.4. The van der Waals surface area contributed by atoms with Gasteiger partial charge in [0.1, 0.15) is 0 Å². The fourth-order valence-electron chi connectivity index (χ4n) is 2.92. The van der Waals surface area contributed by atoms with E-state index in [4.69, 9.17) is 9.84 Å². The lowest BCUT2D eigenvalue weighted by molar-refractivity contribution is -0.141. The molecule has 1 aromatic rings. The van der Waals surface area contributed by atoms with Gasteiger partial charge in [0, 0.05) is 38.3 Å². The minimum absolute atomic E-state index is 0.0882. The van der Waals surface area contributed by atoms with E-state index in [0.717, 1.165) is 38.5 Å². The number of rotatable bonds is 4. The topological polar surface area (TPSA) is 70.1 Å². The number of aliphatic carboxylic acids is 1. The standard InChI is InChI=1S/C16H20N2O4/c19-15-9-13(16(20)21)11-18(15)14-3-1-12(2-4-14)10-17-5-7-22-8-6-17/h1-4,13H,5-11H2,(H,20,21). The van der Waals surface area contributed by atoms with Gasteiger partial charge in [-0.15, -0.1) is 0 Å². The van der Waals surface area contributed by atoms with Crippen LogP contribution in [0, 0.1) is 5.92 Å². The first-order chi connectivity index (χ1) is 10.6. The summed E-state index contributed by atoms with van der Waals surface area (Å²) in [6.07, 6.45) is 0.0882. The monoisotopic (exact) mass is 304 g/mol. The minimum Gasteiger partial charge on any atom is -0.481 e. The van der Waals surface area contributed by atoms with Crippen LogP contribution in [0.1, 0.15) is 12.0 Å². The maximum absolute atomic E-state index is 11.9. The molecule has 1 N–H and O–H groups in total. The van der Waals surface area contributed by atoms with Crippen molar-refractivity contribution in [1.29, 1.82) is 0 Å². The first-order valence-corrected chi connectivity index (χ1v) is 7.55. The summed E-state index contributed by atoms with van der Waals surface area (Å²) in [6.45, 7) is 4.56. The number of carbonyl (C=O) groups excluding carboxylic acids is 1. The lowest BCUT2D eigenvalue weighted by Gasteiger charge is -2.26. The Kier molecular flexibility index (Phi) is 4.40. The van der Waals surface area contributed by atoms with E-state index in [1.807, 2.05) is 24.3 Å². The summed E-state index contributed by atoms with van der Waals surface area (Å²) in [4.78, 5) is 26.8. The number of carboxylic acids is 1. The van der Waals surface area contributed by atoms with E-state index in [0.29, 0.717) is 0 Å². The Balaban J connectivity index is 1.64. The smallest absolute Gasteiger partial charge is 0.308 e. The molecular formula is C16H20N2O4. The number of nitrogens with zero attached hydrogens (tertiary/aromatic N) is 2. The van der Waals surface area contributed by atoms with E-state index in [-0.39, 0.29) is 18.9 Å². The van der Waals surface area contributed by atoms with Crippen LogP contribution >= 0.6 is 0 Å². The lowest BCUT2D eigenvalue weighted by Crippen LogP contribution is -2.35. The molecule has 1 amide bonds. The van der Waals surface area contributed by atoms with Crippen molar-refractivity contribution in [3.05, 3.63) is 29.8 Å². The highest BCUT2D eigenvalue weighted by molar-refractivity contribution is 5.99. The van der Waals surface area contributed by atoms with Crippen LogP contribution in [0.15, 0.2) is 24.3 Å². The molecule has 0 aliphatic carbocycles. The molecule has 0 aromatic heterocycles. The number of hydrogen-bond donors (Lipinski definition) is 1. The Bertz CT molecular complexity index is 552. The van der Waals surface area contributed by atoms with Crippen LogP contribution in [0.3, 0.4) is 0 Å². The molecule has 0 radical (unpaired) electrons. The molecule has 2 heterocycles. The van der Waals surface area contributed by atoms with Crippen molar-refractivity contribution in [2.24, 2.45) is 5.92 Å². The third kappa shape index (κ3) is 3.28. The second-order valence-corrected chi connectivity index (χ2v) is 5.80. The van der Waals surface area contributed by atoms with Crippen molar-refractivity contribution in [3.8, 4) is 0 Å². The van der Waals surface area contributed by atoms with E-state index in [2.05, 4.69) is 4.90 Å². The SMILES string of the molecule is O=C(O)C1CC(=O)N(c2ccc(CN3CCOCC3)cc2)C1. The average Bonchev–Trinajstić information content (AvgIpc) is 2.91. The maximum atomic E-state index is 11.9. The van der Waals surface area contributed by atoms with Crippen LogP contribution in [0.2, 0.25) is 0 Å². The predicted octanol–water partition coefficient (Wildman–Crippen LogP) is 0.956. The molecule has 1 aromatic carbocycles. The first-order valence-electron chi connectivity index (χ1n) is 7.55. The Morgan fingerprint density at radius 1 is 1.23 bits per heavy atom. The van der Waals surface area contributed by atoms with Crippen LogP contribution in [0.5, 0.6) is 0 Å². The van der Waals surface area contributed by atoms with Gasteiger partial charge in [-0.3, -0.25) is 14.5 Å². The van der Waals surface area contributed by atoms with Gasteiger partial charge in [0.15, 0.2) is 0 Å². The van der Waals surface area contributed by atoms with E-state index >= 15 is 0 Å². The summed E-state index contributed by atoms with van der Waals surface area (Å²) in [5, 5.41) is 9.03. The maximum Gasteiger partial charge on any atom is 0.308 e. The normalized spacial score (nSPS) is 23.0. The van der Waals surface area contributed by atoms with Gasteiger partial charge >= 0.3 is 5.97 Å². The van der Waals surface area contributed by atoms with E-state index in [1.165, 1.54) is 5.56 Å². The number of morpholine rings is 1. The molecule has 2 saturated heterocycles. The zero-order valence-electron chi connectivity index (χ0n) is 12.4. The number of anilines is 1. The van der Waals surface area contributed by atoms with Crippen molar-refractivity contribution in [3.63, 3.8) is 0 Å². The van der Waals surface area contributed by atoms with Crippen LogP contribution in [0.25, 0.3) is 0 Å². The second kappa shape index (κ2) is 6.46. The fourth-order valence-corrected chi connectivity index (χ4v) is 2.92. The largest absolute Gasteiger partial charge is 0.481 e. The summed E-state index contributed by atoms with van der Waals surface area (Å²) < 4.78 is 5.33. The first kappa shape index (κ1) is 15.0. The number of ether oxygens (including phenoxy) is 1. The molecule has 118 valence electrons.